The average Bonchev–Trinajstić information content (AvgIpc) is 2.32. The molecule has 0 rings (SSSR count). The van der Waals surface area contributed by atoms with Gasteiger partial charge in [-0.1, -0.05) is 33.1 Å². The fraction of sp³-hybridized carbons (Fsp3) is 1.00. The first kappa shape index (κ1) is 23.5. The van der Waals surface area contributed by atoms with Crippen LogP contribution in [0.15, 0.2) is 0 Å². The molecule has 0 aromatic carbocycles. The molecular weight excluding hydrogens is 413 g/mol. The van der Waals surface area contributed by atoms with Gasteiger partial charge in [0.2, 0.25) is 0 Å². The van der Waals surface area contributed by atoms with Gasteiger partial charge in [-0.15, -0.1) is 0 Å². The highest BCUT2D eigenvalue weighted by Gasteiger charge is 1.68. The van der Waals surface area contributed by atoms with E-state index in [1.54, 1.807) is 26.6 Å². The molecule has 0 unspecified atom stereocenters. The van der Waals surface area contributed by atoms with Gasteiger partial charge in [-0.25, -0.2) is 0 Å². The van der Waals surface area contributed by atoms with Crippen LogP contribution in [0.5, 0.6) is 0 Å². The molecule has 0 nitrogen and oxygen atoms in total. The molecule has 0 radical (unpaired) electrons. The van der Waals surface area contributed by atoms with Crippen molar-refractivity contribution in [1.29, 1.82) is 0 Å². The van der Waals surface area contributed by atoms with E-state index >= 15 is 0 Å². The van der Waals surface area contributed by atoms with Gasteiger partial charge in [-0.2, -0.15) is 0 Å². The first-order chi connectivity index (χ1) is 7.74. The molecule has 0 atom stereocenters. The van der Waals surface area contributed by atoms with Crippen molar-refractivity contribution in [2.24, 2.45) is 0 Å². The first-order valence-corrected chi connectivity index (χ1v) is 15.9. The minimum absolute atomic E-state index is 1.17. The van der Waals surface area contributed by atoms with E-state index in [2.05, 4.69) is 58.6 Å². The quantitative estimate of drug-likeness (QED) is 0.666. The predicted molar refractivity (Wildman–Crippen MR) is 106 cm³/mol. The van der Waals surface area contributed by atoms with Crippen LogP contribution < -0.4 is 0 Å². The number of hydrogen-bond acceptors (Lipinski definition) is 4. The molecule has 11 heteroatoms. The van der Waals surface area contributed by atoms with Gasteiger partial charge in [0.15, 0.2) is 0 Å². The Kier molecular flexibility index (Phi) is 44.7. The molecule has 0 amide bonds. The van der Waals surface area contributed by atoms with E-state index in [0.717, 1.165) is 0 Å². The highest BCUT2D eigenvalue weighted by atomic mass is 33.4. The molecule has 0 spiro atoms. The van der Waals surface area contributed by atoms with Gasteiger partial charge in [0.05, 0.1) is 0 Å². The second-order valence-electron chi connectivity index (χ2n) is 1.83. The Morgan fingerprint density at radius 3 is 1.12 bits per heavy atom. The second kappa shape index (κ2) is 30.4. The van der Waals surface area contributed by atoms with Crippen molar-refractivity contribution in [2.45, 2.75) is 33.1 Å². The van der Waals surface area contributed by atoms with Crippen LogP contribution in [-0.4, -0.2) is 0 Å². The average molecular weight is 425 g/mol. The summed E-state index contributed by atoms with van der Waals surface area (Å²) in [7, 11) is 9.71. The summed E-state index contributed by atoms with van der Waals surface area (Å²) in [6, 6.07) is 0. The molecule has 16 heavy (non-hydrogen) atoms. The fourth-order valence-corrected chi connectivity index (χ4v) is 8.62. The van der Waals surface area contributed by atoms with Crippen molar-refractivity contribution in [3.05, 3.63) is 0 Å². The third kappa shape index (κ3) is 44.0. The van der Waals surface area contributed by atoms with Gasteiger partial charge < -0.3 is 0 Å². The van der Waals surface area contributed by atoms with Crippen LogP contribution >= 0.6 is 0 Å². The lowest BCUT2D eigenvalue weighted by molar-refractivity contribution is 0.772. The van der Waals surface area contributed by atoms with Crippen LogP contribution in [0.3, 0.4) is 0 Å². The fourth-order valence-electron chi connectivity index (χ4n) is 0.388. The minimum Gasteiger partial charge on any atom is -0.0654 e. The molecule has 0 fully saturated rings. The largest absolute Gasteiger partial charge is 0.0654 e. The number of hydrogen-bond donors (Lipinski definition) is 0. The Balaban J connectivity index is -0.000000166. The Bertz CT molecular complexity index is 350. The summed E-state index contributed by atoms with van der Waals surface area (Å²) in [6.45, 7) is 4.42. The second-order valence-corrected chi connectivity index (χ2v) is 14.2. The zero-order chi connectivity index (χ0) is 13.1. The van der Waals surface area contributed by atoms with Gasteiger partial charge >= 0.3 is 0 Å². The van der Waals surface area contributed by atoms with Crippen LogP contribution in [0, 0.1) is 0 Å². The van der Waals surface area contributed by atoms with Crippen LogP contribution in [0.25, 0.3) is 0 Å². The summed E-state index contributed by atoms with van der Waals surface area (Å²) < 4.78 is 0. The van der Waals surface area contributed by atoms with Crippen molar-refractivity contribution in [3.63, 3.8) is 0 Å². The monoisotopic (exact) mass is 424 g/mol. The van der Waals surface area contributed by atoms with Crippen LogP contribution in [-0.2, 0) is 107 Å². The molecule has 98 valence electrons. The summed E-state index contributed by atoms with van der Waals surface area (Å²) in [6.07, 6.45) is 4.08. The summed E-state index contributed by atoms with van der Waals surface area (Å²) in [4.78, 5) is 0. The highest BCUT2D eigenvalue weighted by molar-refractivity contribution is 8.68. The summed E-state index contributed by atoms with van der Waals surface area (Å²) in [5.41, 5.74) is 0. The molecule has 0 aromatic rings. The topological polar surface area (TPSA) is 0 Å². The molecule has 0 aliphatic rings. The summed E-state index contributed by atoms with van der Waals surface area (Å²) >= 11 is 17.8. The van der Waals surface area contributed by atoms with Gasteiger partial charge in [-0.3, -0.25) is 0 Å². The van der Waals surface area contributed by atoms with Crippen molar-refractivity contribution in [1.82, 2.24) is 0 Å². The Hall–Kier alpha value is 2.42. The summed E-state index contributed by atoms with van der Waals surface area (Å²) in [5, 5.41) is 0. The van der Waals surface area contributed by atoms with Crippen molar-refractivity contribution in [3.8, 4) is 0 Å². The Labute approximate surface area is 138 Å². The third-order valence-corrected chi connectivity index (χ3v) is 12.0. The lowest BCUT2D eigenvalue weighted by atomic mass is 10.3. The number of rotatable bonds is 2. The molecule has 0 aromatic heterocycles. The maximum atomic E-state index is 4.57. The molecule has 0 heterocycles. The number of unbranched alkanes of at least 4 members (excludes halogenated alkanes) is 2. The normalized spacial score (nSPS) is 6.62. The van der Waals surface area contributed by atoms with E-state index in [4.69, 9.17) is 0 Å². The van der Waals surface area contributed by atoms with E-state index in [1.807, 2.05) is 0 Å². The third-order valence-electron chi connectivity index (χ3n) is 0.846. The Morgan fingerprint density at radius 1 is 0.625 bits per heavy atom. The lowest BCUT2D eigenvalue weighted by Crippen LogP contribution is -1.59. The van der Waals surface area contributed by atoms with Gasteiger partial charge in [0.1, 0.15) is 0 Å². The van der Waals surface area contributed by atoms with Crippen LogP contribution in [0.1, 0.15) is 33.1 Å². The van der Waals surface area contributed by atoms with E-state index < -0.39 is 0 Å². The maximum absolute atomic E-state index is 4.57. The molecule has 0 bridgehead atoms. The van der Waals surface area contributed by atoms with Gasteiger partial charge in [-0.05, 0) is 0 Å². The summed E-state index contributed by atoms with van der Waals surface area (Å²) in [5.74, 6) is 0. The van der Waals surface area contributed by atoms with E-state index in [1.165, 1.54) is 54.8 Å². The lowest BCUT2D eigenvalue weighted by Gasteiger charge is -1.79. The SMILES string of the molecule is CCCCC.S=S=S=S.S=S=S=S=S=S=S. The molecule has 0 saturated heterocycles. The first-order valence-electron chi connectivity index (χ1n) is 3.91. The molecule has 0 saturated carbocycles. The zero-order valence-corrected chi connectivity index (χ0v) is 17.6. The molecule has 0 aliphatic heterocycles. The van der Waals surface area contributed by atoms with E-state index in [0.29, 0.717) is 0 Å². The van der Waals surface area contributed by atoms with Gasteiger partial charge in [0.25, 0.3) is 0 Å². The Morgan fingerprint density at radius 2 is 1.00 bits per heavy atom. The highest BCUT2D eigenvalue weighted by Crippen LogP contribution is 1.88. The van der Waals surface area contributed by atoms with Crippen molar-refractivity contribution in [2.75, 3.05) is 0 Å². The van der Waals surface area contributed by atoms with E-state index in [9.17, 15) is 0 Å². The van der Waals surface area contributed by atoms with Crippen molar-refractivity contribution < 1.29 is 0 Å². The predicted octanol–water partition coefficient (Wildman–Crippen LogP) is 2.17. The standard InChI is InChI=1S/C5H12.S7.S4/c1-3-5-4-2;1-3-5-7-6-4-2;1-3-4-2/h3-5H2,1-2H3;;. The minimum atomic E-state index is 1.17. The van der Waals surface area contributed by atoms with Crippen molar-refractivity contribution >= 4 is 107 Å². The molecule has 0 N–H and O–H groups in total. The van der Waals surface area contributed by atoms with Gasteiger partial charge in [0, 0.05) is 107 Å². The molecule has 0 aliphatic carbocycles. The maximum Gasteiger partial charge on any atom is 0 e. The van der Waals surface area contributed by atoms with Crippen LogP contribution in [0.4, 0.5) is 0 Å². The van der Waals surface area contributed by atoms with Crippen LogP contribution in [0.2, 0.25) is 0 Å². The molecular formula is C5H12S11. The zero-order valence-electron chi connectivity index (χ0n) is 8.61. The van der Waals surface area contributed by atoms with E-state index in [-0.39, 0.29) is 0 Å². The smallest absolute Gasteiger partial charge is 0 e.